The van der Waals surface area contributed by atoms with Crippen LogP contribution < -0.4 is 10.2 Å². The molecule has 1 amide bonds. The predicted molar refractivity (Wildman–Crippen MR) is 109 cm³/mol. The van der Waals surface area contributed by atoms with Crippen LogP contribution in [0, 0.1) is 6.92 Å². The van der Waals surface area contributed by atoms with E-state index in [-0.39, 0.29) is 11.3 Å². The fraction of sp³-hybridized carbons (Fsp3) is 0.455. The summed E-state index contributed by atoms with van der Waals surface area (Å²) in [6.07, 6.45) is 13.9. The number of hydrogen-bond acceptors (Lipinski definition) is 5. The molecule has 28 heavy (non-hydrogen) atoms. The molecule has 2 aliphatic rings. The highest BCUT2D eigenvalue weighted by molar-refractivity contribution is 5.94. The van der Waals surface area contributed by atoms with Gasteiger partial charge >= 0.3 is 0 Å². The third-order valence-electron chi connectivity index (χ3n) is 5.96. The number of nitrogens with zero attached hydrogens (tertiary/aromatic N) is 4. The van der Waals surface area contributed by atoms with E-state index in [4.69, 9.17) is 0 Å². The van der Waals surface area contributed by atoms with Crippen molar-refractivity contribution in [1.29, 1.82) is 0 Å². The highest BCUT2D eigenvalue weighted by Gasteiger charge is 2.35. The number of nitrogens with one attached hydrogen (secondary N) is 1. The van der Waals surface area contributed by atoms with E-state index in [0.717, 1.165) is 30.7 Å². The minimum Gasteiger partial charge on any atom is -0.351 e. The number of amides is 1. The van der Waals surface area contributed by atoms with Gasteiger partial charge in [-0.05, 0) is 43.9 Å². The second kappa shape index (κ2) is 8.09. The maximum atomic E-state index is 12.8. The number of aromatic nitrogens is 3. The molecule has 1 aliphatic heterocycles. The molecule has 0 radical (unpaired) electrons. The number of carbonyl (C=O) groups excluding carboxylic acids is 1. The van der Waals surface area contributed by atoms with Gasteiger partial charge in [-0.1, -0.05) is 25.3 Å². The van der Waals surface area contributed by atoms with Crippen LogP contribution in [0.25, 0.3) is 0 Å². The lowest BCUT2D eigenvalue weighted by molar-refractivity contribution is -0.117. The molecule has 1 aliphatic carbocycles. The fourth-order valence-electron chi connectivity index (χ4n) is 4.27. The summed E-state index contributed by atoms with van der Waals surface area (Å²) in [6.45, 7) is 3.41. The maximum absolute atomic E-state index is 12.8. The third kappa shape index (κ3) is 3.91. The monoisotopic (exact) mass is 377 g/mol. The van der Waals surface area contributed by atoms with Crippen molar-refractivity contribution >= 4 is 11.9 Å². The second-order valence-corrected chi connectivity index (χ2v) is 7.86. The fourth-order valence-corrected chi connectivity index (χ4v) is 4.27. The van der Waals surface area contributed by atoms with Gasteiger partial charge in [-0.25, -0.2) is 9.97 Å². The molecule has 0 aromatic carbocycles. The van der Waals surface area contributed by atoms with Crippen molar-refractivity contribution in [3.05, 3.63) is 59.8 Å². The molecule has 0 saturated heterocycles. The molecule has 2 aromatic rings. The summed E-state index contributed by atoms with van der Waals surface area (Å²) in [4.78, 5) is 27.8. The van der Waals surface area contributed by atoms with E-state index >= 15 is 0 Å². The first-order valence-corrected chi connectivity index (χ1v) is 10.1. The second-order valence-electron chi connectivity index (χ2n) is 7.86. The Morgan fingerprint density at radius 2 is 1.93 bits per heavy atom. The van der Waals surface area contributed by atoms with Gasteiger partial charge in [0.05, 0.1) is 0 Å². The Kier molecular flexibility index (Phi) is 5.37. The molecule has 6 heteroatoms. The lowest BCUT2D eigenvalue weighted by atomic mass is 9.69. The first-order valence-electron chi connectivity index (χ1n) is 10.1. The van der Waals surface area contributed by atoms with Crippen molar-refractivity contribution in [1.82, 2.24) is 20.3 Å². The molecule has 2 aromatic heterocycles. The SMILES string of the molecule is Cc1ccc(C2(CNC(=O)C3=CN(c4ncccn4)CC3)CCCCC2)cn1. The number of rotatable bonds is 5. The molecule has 1 fully saturated rings. The molecule has 1 N–H and O–H groups in total. The minimum atomic E-state index is -0.00397. The van der Waals surface area contributed by atoms with Crippen molar-refractivity contribution in [3.63, 3.8) is 0 Å². The summed E-state index contributed by atoms with van der Waals surface area (Å²) in [5.74, 6) is 0.656. The van der Waals surface area contributed by atoms with Crippen molar-refractivity contribution < 1.29 is 4.79 Å². The van der Waals surface area contributed by atoms with E-state index in [1.165, 1.54) is 24.8 Å². The van der Waals surface area contributed by atoms with Gasteiger partial charge in [0, 0.05) is 54.6 Å². The molecule has 0 spiro atoms. The molecule has 146 valence electrons. The average Bonchev–Trinajstić information content (AvgIpc) is 3.24. The van der Waals surface area contributed by atoms with E-state index in [0.29, 0.717) is 18.9 Å². The van der Waals surface area contributed by atoms with Crippen LogP contribution in [0.5, 0.6) is 0 Å². The van der Waals surface area contributed by atoms with E-state index in [9.17, 15) is 4.79 Å². The standard InChI is InChI=1S/C22H27N5O/c1-17-6-7-19(14-25-17)22(9-3-2-4-10-22)16-26-20(28)18-8-13-27(15-18)21-23-11-5-12-24-21/h5-7,11-12,14-15H,2-4,8-10,13,16H2,1H3,(H,26,28). The number of aryl methyl sites for hydroxylation is 1. The van der Waals surface area contributed by atoms with Gasteiger partial charge in [-0.3, -0.25) is 9.78 Å². The van der Waals surface area contributed by atoms with Gasteiger partial charge in [0.1, 0.15) is 0 Å². The summed E-state index contributed by atoms with van der Waals surface area (Å²) in [6, 6.07) is 6.05. The minimum absolute atomic E-state index is 0.00397. The van der Waals surface area contributed by atoms with E-state index in [2.05, 4.69) is 32.4 Å². The molecule has 4 rings (SSSR count). The Labute approximate surface area is 166 Å². The van der Waals surface area contributed by atoms with Crippen molar-refractivity contribution in [3.8, 4) is 0 Å². The average molecular weight is 377 g/mol. The van der Waals surface area contributed by atoms with Crippen LogP contribution in [-0.4, -0.2) is 33.9 Å². The van der Waals surface area contributed by atoms with Crippen LogP contribution in [0.4, 0.5) is 5.95 Å². The van der Waals surface area contributed by atoms with Gasteiger partial charge in [0.15, 0.2) is 0 Å². The van der Waals surface area contributed by atoms with Gasteiger partial charge in [0.25, 0.3) is 0 Å². The largest absolute Gasteiger partial charge is 0.351 e. The lowest BCUT2D eigenvalue weighted by Gasteiger charge is -2.38. The normalized spacial score (nSPS) is 18.6. The topological polar surface area (TPSA) is 71.0 Å². The molecule has 3 heterocycles. The molecule has 0 unspecified atom stereocenters. The van der Waals surface area contributed by atoms with E-state index in [1.54, 1.807) is 18.5 Å². The van der Waals surface area contributed by atoms with Gasteiger partial charge in [-0.15, -0.1) is 0 Å². The molecule has 0 bridgehead atoms. The summed E-state index contributed by atoms with van der Waals surface area (Å²) < 4.78 is 0. The van der Waals surface area contributed by atoms with Gasteiger partial charge in [-0.2, -0.15) is 0 Å². The molecular formula is C22H27N5O. The van der Waals surface area contributed by atoms with Crippen LogP contribution >= 0.6 is 0 Å². The van der Waals surface area contributed by atoms with Crippen molar-refractivity contribution in [2.45, 2.75) is 50.9 Å². The summed E-state index contributed by atoms with van der Waals surface area (Å²) >= 11 is 0. The van der Waals surface area contributed by atoms with Crippen molar-refractivity contribution in [2.75, 3.05) is 18.0 Å². The van der Waals surface area contributed by atoms with E-state index in [1.807, 2.05) is 24.2 Å². The zero-order valence-electron chi connectivity index (χ0n) is 16.4. The molecular weight excluding hydrogens is 350 g/mol. The van der Waals surface area contributed by atoms with Crippen LogP contribution in [0.1, 0.15) is 49.8 Å². The number of carbonyl (C=O) groups is 1. The van der Waals surface area contributed by atoms with Crippen molar-refractivity contribution in [2.24, 2.45) is 0 Å². The predicted octanol–water partition coefficient (Wildman–Crippen LogP) is 3.29. The first kappa shape index (κ1) is 18.6. The van der Waals surface area contributed by atoms with Crippen LogP contribution in [-0.2, 0) is 10.2 Å². The summed E-state index contributed by atoms with van der Waals surface area (Å²) in [7, 11) is 0. The lowest BCUT2D eigenvalue weighted by Crippen LogP contribution is -2.42. The van der Waals surface area contributed by atoms with Crippen LogP contribution in [0.2, 0.25) is 0 Å². The number of pyridine rings is 1. The Hall–Kier alpha value is -2.76. The first-order chi connectivity index (χ1) is 13.7. The number of anilines is 1. The van der Waals surface area contributed by atoms with Crippen LogP contribution in [0.3, 0.4) is 0 Å². The van der Waals surface area contributed by atoms with Gasteiger partial charge < -0.3 is 10.2 Å². The highest BCUT2D eigenvalue weighted by atomic mass is 16.1. The maximum Gasteiger partial charge on any atom is 0.248 e. The Morgan fingerprint density at radius 1 is 1.14 bits per heavy atom. The molecule has 6 nitrogen and oxygen atoms in total. The quantitative estimate of drug-likeness (QED) is 0.866. The molecule has 0 atom stereocenters. The zero-order valence-corrected chi connectivity index (χ0v) is 16.4. The Bertz CT molecular complexity index is 841. The number of hydrogen-bond donors (Lipinski definition) is 1. The zero-order chi connectivity index (χ0) is 19.4. The molecule has 1 saturated carbocycles. The summed E-state index contributed by atoms with van der Waals surface area (Å²) in [5.41, 5.74) is 3.06. The highest BCUT2D eigenvalue weighted by Crippen LogP contribution is 2.39. The van der Waals surface area contributed by atoms with E-state index < -0.39 is 0 Å². The Morgan fingerprint density at radius 3 is 2.64 bits per heavy atom. The van der Waals surface area contributed by atoms with Crippen LogP contribution in [0.15, 0.2) is 48.6 Å². The van der Waals surface area contributed by atoms with Gasteiger partial charge in [0.2, 0.25) is 11.9 Å². The summed E-state index contributed by atoms with van der Waals surface area (Å²) in [5, 5.41) is 3.22. The third-order valence-corrected chi connectivity index (χ3v) is 5.96. The Balaban J connectivity index is 1.45. The smallest absolute Gasteiger partial charge is 0.248 e.